The van der Waals surface area contributed by atoms with Crippen LogP contribution in [0.15, 0.2) is 12.1 Å². The maximum Gasteiger partial charge on any atom is 0.123 e. The van der Waals surface area contributed by atoms with Crippen molar-refractivity contribution in [3.8, 4) is 5.75 Å². The van der Waals surface area contributed by atoms with Crippen molar-refractivity contribution < 1.29 is 4.74 Å². The van der Waals surface area contributed by atoms with Crippen LogP contribution in [0.3, 0.4) is 0 Å². The smallest absolute Gasteiger partial charge is 0.123 e. The number of halogens is 1. The maximum absolute atomic E-state index is 6.51. The van der Waals surface area contributed by atoms with Gasteiger partial charge in [0.2, 0.25) is 0 Å². The SMILES string of the molecule is NC1(c2c(Cl)ccc3c2CCO3)CCCC1. The number of ether oxygens (including phenoxy) is 1. The van der Waals surface area contributed by atoms with Gasteiger partial charge in [-0.25, -0.2) is 0 Å². The molecule has 3 rings (SSSR count). The monoisotopic (exact) mass is 237 g/mol. The Bertz CT molecular complexity index is 424. The zero-order chi connectivity index (χ0) is 11.2. The van der Waals surface area contributed by atoms with Gasteiger partial charge in [0.05, 0.1) is 6.61 Å². The second-order valence-corrected chi connectivity index (χ2v) is 5.27. The highest BCUT2D eigenvalue weighted by Crippen LogP contribution is 2.45. The molecule has 0 saturated heterocycles. The van der Waals surface area contributed by atoms with Crippen LogP contribution >= 0.6 is 11.6 Å². The number of hydrogen-bond donors (Lipinski definition) is 1. The third-order valence-corrected chi connectivity index (χ3v) is 4.14. The van der Waals surface area contributed by atoms with E-state index in [0.29, 0.717) is 0 Å². The van der Waals surface area contributed by atoms with Gasteiger partial charge in [0.1, 0.15) is 5.75 Å². The lowest BCUT2D eigenvalue weighted by Crippen LogP contribution is -2.34. The predicted molar refractivity (Wildman–Crippen MR) is 65.0 cm³/mol. The first-order valence-electron chi connectivity index (χ1n) is 5.94. The minimum atomic E-state index is -0.212. The number of rotatable bonds is 1. The highest BCUT2D eigenvalue weighted by Gasteiger charge is 2.36. The van der Waals surface area contributed by atoms with Gasteiger partial charge in [-0.2, -0.15) is 0 Å². The van der Waals surface area contributed by atoms with Crippen molar-refractivity contribution in [3.63, 3.8) is 0 Å². The molecule has 1 saturated carbocycles. The van der Waals surface area contributed by atoms with E-state index < -0.39 is 0 Å². The molecule has 0 atom stereocenters. The molecule has 16 heavy (non-hydrogen) atoms. The van der Waals surface area contributed by atoms with Crippen LogP contribution < -0.4 is 10.5 Å². The molecule has 0 bridgehead atoms. The first-order chi connectivity index (χ1) is 7.71. The maximum atomic E-state index is 6.51. The zero-order valence-corrected chi connectivity index (χ0v) is 10.0. The van der Waals surface area contributed by atoms with E-state index in [2.05, 4.69) is 0 Å². The highest BCUT2D eigenvalue weighted by molar-refractivity contribution is 6.31. The van der Waals surface area contributed by atoms with Crippen molar-refractivity contribution >= 4 is 11.6 Å². The van der Waals surface area contributed by atoms with E-state index in [-0.39, 0.29) is 5.54 Å². The molecule has 2 nitrogen and oxygen atoms in total. The van der Waals surface area contributed by atoms with Crippen molar-refractivity contribution in [2.24, 2.45) is 5.73 Å². The Morgan fingerprint density at radius 3 is 2.75 bits per heavy atom. The Morgan fingerprint density at radius 1 is 1.25 bits per heavy atom. The molecule has 86 valence electrons. The van der Waals surface area contributed by atoms with Crippen LogP contribution in [0.1, 0.15) is 36.8 Å². The lowest BCUT2D eigenvalue weighted by atomic mass is 9.85. The molecule has 1 fully saturated rings. The zero-order valence-electron chi connectivity index (χ0n) is 9.26. The summed E-state index contributed by atoms with van der Waals surface area (Å²) in [5.41, 5.74) is 8.70. The fraction of sp³-hybridized carbons (Fsp3) is 0.538. The molecular weight excluding hydrogens is 222 g/mol. The molecule has 2 aliphatic rings. The summed E-state index contributed by atoms with van der Waals surface area (Å²) in [6.07, 6.45) is 5.45. The van der Waals surface area contributed by atoms with E-state index in [9.17, 15) is 0 Å². The molecule has 1 aromatic rings. The fourth-order valence-electron chi connectivity index (χ4n) is 3.04. The van der Waals surface area contributed by atoms with E-state index in [0.717, 1.165) is 42.2 Å². The Hall–Kier alpha value is -0.730. The van der Waals surface area contributed by atoms with Crippen molar-refractivity contribution in [2.45, 2.75) is 37.6 Å². The molecule has 1 aliphatic heterocycles. The van der Waals surface area contributed by atoms with Gasteiger partial charge in [-0.05, 0) is 30.5 Å². The summed E-state index contributed by atoms with van der Waals surface area (Å²) in [5.74, 6) is 0.983. The number of benzene rings is 1. The standard InChI is InChI=1S/C13H16ClNO/c14-10-3-4-11-9(5-8-16-11)12(10)13(15)6-1-2-7-13/h3-4H,1-2,5-8,15H2. The average molecular weight is 238 g/mol. The highest BCUT2D eigenvalue weighted by atomic mass is 35.5. The van der Waals surface area contributed by atoms with Gasteiger partial charge in [-0.15, -0.1) is 0 Å². The van der Waals surface area contributed by atoms with Crippen LogP contribution in [0.25, 0.3) is 0 Å². The molecule has 0 unspecified atom stereocenters. The van der Waals surface area contributed by atoms with Gasteiger partial charge in [-0.1, -0.05) is 24.4 Å². The van der Waals surface area contributed by atoms with E-state index in [1.807, 2.05) is 12.1 Å². The summed E-state index contributed by atoms with van der Waals surface area (Å²) in [7, 11) is 0. The second-order valence-electron chi connectivity index (χ2n) is 4.86. The summed E-state index contributed by atoms with van der Waals surface area (Å²) in [4.78, 5) is 0. The first-order valence-corrected chi connectivity index (χ1v) is 6.32. The lowest BCUT2D eigenvalue weighted by Gasteiger charge is -2.27. The minimum Gasteiger partial charge on any atom is -0.493 e. The van der Waals surface area contributed by atoms with Crippen LogP contribution in [0, 0.1) is 0 Å². The molecule has 0 spiro atoms. The topological polar surface area (TPSA) is 35.2 Å². The van der Waals surface area contributed by atoms with E-state index in [4.69, 9.17) is 22.1 Å². The number of fused-ring (bicyclic) bond motifs is 1. The van der Waals surface area contributed by atoms with Gasteiger partial charge < -0.3 is 10.5 Å². The van der Waals surface area contributed by atoms with Crippen molar-refractivity contribution in [1.29, 1.82) is 0 Å². The molecule has 1 aliphatic carbocycles. The van der Waals surface area contributed by atoms with Gasteiger partial charge in [-0.3, -0.25) is 0 Å². The van der Waals surface area contributed by atoms with Gasteiger partial charge in [0.25, 0.3) is 0 Å². The third-order valence-electron chi connectivity index (χ3n) is 3.82. The number of hydrogen-bond acceptors (Lipinski definition) is 2. The minimum absolute atomic E-state index is 0.212. The van der Waals surface area contributed by atoms with Crippen LogP contribution in [0.2, 0.25) is 5.02 Å². The Kier molecular flexibility index (Phi) is 2.37. The fourth-order valence-corrected chi connectivity index (χ4v) is 3.41. The molecule has 1 heterocycles. The number of nitrogens with two attached hydrogens (primary N) is 1. The Balaban J connectivity index is 2.15. The van der Waals surface area contributed by atoms with Gasteiger partial charge in [0, 0.05) is 22.5 Å². The predicted octanol–water partition coefficient (Wildman–Crippen LogP) is 3.00. The average Bonchev–Trinajstić information content (AvgIpc) is 2.86. The lowest BCUT2D eigenvalue weighted by molar-refractivity contribution is 0.357. The normalized spacial score (nSPS) is 21.9. The molecule has 2 N–H and O–H groups in total. The van der Waals surface area contributed by atoms with Gasteiger partial charge >= 0.3 is 0 Å². The largest absolute Gasteiger partial charge is 0.493 e. The van der Waals surface area contributed by atoms with Gasteiger partial charge in [0.15, 0.2) is 0 Å². The molecule has 1 aromatic carbocycles. The Morgan fingerprint density at radius 2 is 2.00 bits per heavy atom. The van der Waals surface area contributed by atoms with Crippen LogP contribution in [0.4, 0.5) is 0 Å². The summed E-state index contributed by atoms with van der Waals surface area (Å²) in [6.45, 7) is 0.763. The summed E-state index contributed by atoms with van der Waals surface area (Å²) in [6, 6.07) is 3.89. The molecule has 0 radical (unpaired) electrons. The second kappa shape index (κ2) is 3.64. The van der Waals surface area contributed by atoms with E-state index in [1.165, 1.54) is 18.4 Å². The molecular formula is C13H16ClNO. The van der Waals surface area contributed by atoms with Crippen LogP contribution in [-0.2, 0) is 12.0 Å². The Labute approximate surface area is 101 Å². The van der Waals surface area contributed by atoms with Crippen molar-refractivity contribution in [3.05, 3.63) is 28.3 Å². The quantitative estimate of drug-likeness (QED) is 0.815. The summed E-state index contributed by atoms with van der Waals surface area (Å²) >= 11 is 6.34. The van der Waals surface area contributed by atoms with E-state index >= 15 is 0 Å². The molecule has 0 aromatic heterocycles. The first kappa shape index (κ1) is 10.4. The molecule has 0 amide bonds. The molecule has 3 heteroatoms. The third kappa shape index (κ3) is 1.44. The van der Waals surface area contributed by atoms with Crippen molar-refractivity contribution in [2.75, 3.05) is 6.61 Å². The van der Waals surface area contributed by atoms with Crippen LogP contribution in [-0.4, -0.2) is 6.61 Å². The van der Waals surface area contributed by atoms with E-state index in [1.54, 1.807) is 0 Å². The van der Waals surface area contributed by atoms with Crippen molar-refractivity contribution in [1.82, 2.24) is 0 Å². The summed E-state index contributed by atoms with van der Waals surface area (Å²) in [5, 5.41) is 0.814. The van der Waals surface area contributed by atoms with Crippen LogP contribution in [0.5, 0.6) is 5.75 Å². The summed E-state index contributed by atoms with van der Waals surface area (Å²) < 4.78 is 5.58.